The highest BCUT2D eigenvalue weighted by molar-refractivity contribution is 7.98. The van der Waals surface area contributed by atoms with Gasteiger partial charge in [-0.15, -0.1) is 11.8 Å². The number of piperidine rings is 1. The van der Waals surface area contributed by atoms with Crippen LogP contribution in [0.3, 0.4) is 0 Å². The number of hydrogen-bond acceptors (Lipinski definition) is 3. The summed E-state index contributed by atoms with van der Waals surface area (Å²) in [6, 6.07) is 15.3. The van der Waals surface area contributed by atoms with Crippen LogP contribution in [0.1, 0.15) is 28.8 Å². The first kappa shape index (κ1) is 18.8. The number of halogens is 1. The molecule has 0 bridgehead atoms. The summed E-state index contributed by atoms with van der Waals surface area (Å²) in [4.78, 5) is 26.7. The summed E-state index contributed by atoms with van der Waals surface area (Å²) in [7, 11) is 0. The number of carbonyl (C=O) groups excluding carboxylic acids is 1. The second-order valence-electron chi connectivity index (χ2n) is 6.32. The number of likely N-dealkylation sites (tertiary alicyclic amines) is 1. The van der Waals surface area contributed by atoms with Crippen LogP contribution in [-0.4, -0.2) is 35.0 Å². The van der Waals surface area contributed by atoms with Crippen molar-refractivity contribution in [1.82, 2.24) is 4.90 Å². The Hall–Kier alpha value is -1.98. The zero-order valence-corrected chi connectivity index (χ0v) is 15.8. The lowest BCUT2D eigenvalue weighted by atomic mass is 9.96. The Morgan fingerprint density at radius 1 is 1.08 bits per heavy atom. The molecular weight excluding hydrogens is 370 g/mol. The molecule has 0 unspecified atom stereocenters. The normalized spacial score (nSPS) is 15.0. The van der Waals surface area contributed by atoms with Gasteiger partial charge in [-0.2, -0.15) is 0 Å². The number of nitrogens with zero attached hydrogens (tertiary/aromatic N) is 1. The Balaban J connectivity index is 1.67. The van der Waals surface area contributed by atoms with Crippen LogP contribution in [0, 0.1) is 5.92 Å². The van der Waals surface area contributed by atoms with Crippen molar-refractivity contribution in [1.29, 1.82) is 0 Å². The van der Waals surface area contributed by atoms with Gasteiger partial charge in [-0.05, 0) is 42.7 Å². The Bertz CT molecular complexity index is 786. The van der Waals surface area contributed by atoms with E-state index in [1.54, 1.807) is 16.7 Å². The molecule has 0 spiro atoms. The molecule has 1 aliphatic rings. The van der Waals surface area contributed by atoms with E-state index >= 15 is 0 Å². The van der Waals surface area contributed by atoms with Crippen molar-refractivity contribution in [2.75, 3.05) is 13.1 Å². The van der Waals surface area contributed by atoms with Crippen LogP contribution in [0.2, 0.25) is 5.02 Å². The van der Waals surface area contributed by atoms with Crippen LogP contribution < -0.4 is 0 Å². The Kier molecular flexibility index (Phi) is 6.22. The summed E-state index contributed by atoms with van der Waals surface area (Å²) in [6.45, 7) is 0.984. The first-order valence-electron chi connectivity index (χ1n) is 8.53. The Labute approximate surface area is 162 Å². The molecule has 1 N–H and O–H groups in total. The van der Waals surface area contributed by atoms with Crippen molar-refractivity contribution in [3.05, 3.63) is 64.7 Å². The number of hydrogen-bond donors (Lipinski definition) is 1. The second kappa shape index (κ2) is 8.60. The van der Waals surface area contributed by atoms with E-state index in [0.717, 1.165) is 16.2 Å². The van der Waals surface area contributed by atoms with Gasteiger partial charge in [-0.3, -0.25) is 9.59 Å². The fourth-order valence-corrected chi connectivity index (χ4v) is 4.14. The van der Waals surface area contributed by atoms with Gasteiger partial charge in [-0.1, -0.05) is 35.9 Å². The zero-order valence-electron chi connectivity index (χ0n) is 14.2. The minimum absolute atomic E-state index is 0.0203. The number of carboxylic acids is 1. The van der Waals surface area contributed by atoms with Crippen molar-refractivity contribution >= 4 is 35.2 Å². The van der Waals surface area contributed by atoms with E-state index in [9.17, 15) is 9.59 Å². The lowest BCUT2D eigenvalue weighted by Crippen LogP contribution is -2.40. The topological polar surface area (TPSA) is 57.6 Å². The largest absolute Gasteiger partial charge is 0.481 e. The predicted molar refractivity (Wildman–Crippen MR) is 104 cm³/mol. The van der Waals surface area contributed by atoms with Gasteiger partial charge in [0.2, 0.25) is 0 Å². The first-order valence-corrected chi connectivity index (χ1v) is 9.89. The zero-order chi connectivity index (χ0) is 18.5. The summed E-state index contributed by atoms with van der Waals surface area (Å²) in [6.07, 6.45) is 1.03. The molecule has 0 aromatic heterocycles. The minimum atomic E-state index is -0.768. The standard InChI is InChI=1S/C20H20ClNO3S/c21-16-7-5-14(6-8-16)13-26-18-4-2-1-3-17(18)19(23)22-11-9-15(10-12-22)20(24)25/h1-8,15H,9-13H2,(H,24,25). The lowest BCUT2D eigenvalue weighted by Gasteiger charge is -2.30. The highest BCUT2D eigenvalue weighted by Gasteiger charge is 2.28. The maximum absolute atomic E-state index is 12.9. The van der Waals surface area contributed by atoms with Gasteiger partial charge in [0, 0.05) is 28.8 Å². The van der Waals surface area contributed by atoms with Crippen molar-refractivity contribution < 1.29 is 14.7 Å². The highest BCUT2D eigenvalue weighted by Crippen LogP contribution is 2.29. The molecule has 0 radical (unpaired) electrons. The third kappa shape index (κ3) is 4.59. The molecule has 2 aromatic carbocycles. The van der Waals surface area contributed by atoms with Crippen molar-refractivity contribution in [2.45, 2.75) is 23.5 Å². The van der Waals surface area contributed by atoms with E-state index in [0.29, 0.717) is 36.5 Å². The van der Waals surface area contributed by atoms with Crippen molar-refractivity contribution in [3.63, 3.8) is 0 Å². The Morgan fingerprint density at radius 2 is 1.73 bits per heavy atom. The average molecular weight is 390 g/mol. The number of rotatable bonds is 5. The maximum atomic E-state index is 12.9. The molecule has 0 atom stereocenters. The van der Waals surface area contributed by atoms with Gasteiger partial charge in [0.05, 0.1) is 11.5 Å². The third-order valence-electron chi connectivity index (χ3n) is 4.56. The van der Waals surface area contributed by atoms with Gasteiger partial charge >= 0.3 is 5.97 Å². The summed E-state index contributed by atoms with van der Waals surface area (Å²) >= 11 is 7.54. The van der Waals surface area contributed by atoms with E-state index in [4.69, 9.17) is 16.7 Å². The maximum Gasteiger partial charge on any atom is 0.306 e. The molecule has 1 heterocycles. The predicted octanol–water partition coefficient (Wildman–Crippen LogP) is 4.57. The number of thioether (sulfide) groups is 1. The number of carbonyl (C=O) groups is 2. The molecule has 136 valence electrons. The number of benzene rings is 2. The highest BCUT2D eigenvalue weighted by atomic mass is 35.5. The third-order valence-corrected chi connectivity index (χ3v) is 5.95. The molecule has 3 rings (SSSR count). The molecule has 0 aliphatic carbocycles. The van der Waals surface area contributed by atoms with Gasteiger partial charge < -0.3 is 10.0 Å². The smallest absolute Gasteiger partial charge is 0.306 e. The van der Waals surface area contributed by atoms with Gasteiger partial charge in [0.15, 0.2) is 0 Å². The fraction of sp³-hybridized carbons (Fsp3) is 0.300. The van der Waals surface area contributed by atoms with E-state index in [2.05, 4.69) is 0 Å². The molecule has 0 saturated carbocycles. The number of carboxylic acid groups (broad SMARTS) is 1. The SMILES string of the molecule is O=C(O)C1CCN(C(=O)c2ccccc2SCc2ccc(Cl)cc2)CC1. The fourth-order valence-electron chi connectivity index (χ4n) is 3.01. The molecule has 6 heteroatoms. The quantitative estimate of drug-likeness (QED) is 0.761. The van der Waals surface area contributed by atoms with Crippen molar-refractivity contribution in [3.8, 4) is 0 Å². The summed E-state index contributed by atoms with van der Waals surface area (Å²) in [5, 5.41) is 9.81. The summed E-state index contributed by atoms with van der Waals surface area (Å²) in [5.41, 5.74) is 1.82. The first-order chi connectivity index (χ1) is 12.5. The molecular formula is C20H20ClNO3S. The number of amides is 1. The van der Waals surface area contributed by atoms with Gasteiger partial charge in [0.1, 0.15) is 0 Å². The van der Waals surface area contributed by atoms with Crippen molar-refractivity contribution in [2.24, 2.45) is 5.92 Å². The minimum Gasteiger partial charge on any atom is -0.481 e. The lowest BCUT2D eigenvalue weighted by molar-refractivity contribution is -0.143. The molecule has 1 fully saturated rings. The number of aliphatic carboxylic acids is 1. The van der Waals surface area contributed by atoms with E-state index < -0.39 is 5.97 Å². The molecule has 4 nitrogen and oxygen atoms in total. The molecule has 2 aromatic rings. The molecule has 26 heavy (non-hydrogen) atoms. The van der Waals surface area contributed by atoms with Gasteiger partial charge in [-0.25, -0.2) is 0 Å². The van der Waals surface area contributed by atoms with E-state index in [-0.39, 0.29) is 11.8 Å². The van der Waals surface area contributed by atoms with Crippen LogP contribution in [0.4, 0.5) is 0 Å². The van der Waals surface area contributed by atoms with E-state index in [1.165, 1.54) is 0 Å². The monoisotopic (exact) mass is 389 g/mol. The second-order valence-corrected chi connectivity index (χ2v) is 7.77. The van der Waals surface area contributed by atoms with Crippen LogP contribution in [-0.2, 0) is 10.5 Å². The van der Waals surface area contributed by atoms with Crippen LogP contribution in [0.25, 0.3) is 0 Å². The molecule has 1 aliphatic heterocycles. The van der Waals surface area contributed by atoms with Crippen LogP contribution in [0.15, 0.2) is 53.4 Å². The average Bonchev–Trinajstić information content (AvgIpc) is 2.67. The summed E-state index contributed by atoms with van der Waals surface area (Å²) in [5.74, 6) is -0.375. The molecule has 1 amide bonds. The van der Waals surface area contributed by atoms with Crippen LogP contribution in [0.5, 0.6) is 0 Å². The molecule has 1 saturated heterocycles. The summed E-state index contributed by atoms with van der Waals surface area (Å²) < 4.78 is 0. The van der Waals surface area contributed by atoms with E-state index in [1.807, 2.05) is 48.5 Å². The Morgan fingerprint density at radius 3 is 2.38 bits per heavy atom. The van der Waals surface area contributed by atoms with Crippen LogP contribution >= 0.6 is 23.4 Å². The van der Waals surface area contributed by atoms with Gasteiger partial charge in [0.25, 0.3) is 5.91 Å².